The van der Waals surface area contributed by atoms with Gasteiger partial charge >= 0.3 is 0 Å². The Morgan fingerprint density at radius 3 is 2.81 bits per heavy atom. The molecule has 1 saturated carbocycles. The van der Waals surface area contributed by atoms with Crippen LogP contribution in [-0.2, 0) is 6.54 Å². The second-order valence-corrected chi connectivity index (χ2v) is 5.46. The van der Waals surface area contributed by atoms with E-state index >= 15 is 0 Å². The van der Waals surface area contributed by atoms with Crippen molar-refractivity contribution in [2.75, 3.05) is 13.1 Å². The van der Waals surface area contributed by atoms with Crippen molar-refractivity contribution in [3.8, 4) is 0 Å². The monoisotopic (exact) mass is 238 g/mol. The van der Waals surface area contributed by atoms with Gasteiger partial charge in [-0.05, 0) is 61.2 Å². The van der Waals surface area contributed by atoms with Gasteiger partial charge in [0, 0.05) is 12.6 Å². The van der Waals surface area contributed by atoms with Crippen molar-refractivity contribution < 1.29 is 0 Å². The first-order valence-electron chi connectivity index (χ1n) is 6.35. The summed E-state index contributed by atoms with van der Waals surface area (Å²) in [4.78, 5) is 2.65. The molecule has 0 aliphatic heterocycles. The maximum atomic E-state index is 5.51. The maximum absolute atomic E-state index is 5.51. The minimum Gasteiger partial charge on any atom is -0.330 e. The standard InChI is InChI=1S/C13H22N2S/c14-7-2-1-3-8-15(13-4-5-13)10-12-6-9-16-11-12/h6,9,11,13H,1-5,7-8,10,14H2. The van der Waals surface area contributed by atoms with E-state index in [1.807, 2.05) is 0 Å². The Morgan fingerprint density at radius 1 is 1.31 bits per heavy atom. The lowest BCUT2D eigenvalue weighted by Gasteiger charge is -2.21. The molecule has 0 aromatic carbocycles. The van der Waals surface area contributed by atoms with Crippen molar-refractivity contribution in [3.05, 3.63) is 22.4 Å². The fourth-order valence-corrected chi connectivity index (χ4v) is 2.74. The fraction of sp³-hybridized carbons (Fsp3) is 0.692. The molecule has 1 aromatic rings. The van der Waals surface area contributed by atoms with Gasteiger partial charge in [-0.1, -0.05) is 6.42 Å². The van der Waals surface area contributed by atoms with Crippen LogP contribution in [0.3, 0.4) is 0 Å². The van der Waals surface area contributed by atoms with E-state index < -0.39 is 0 Å². The summed E-state index contributed by atoms with van der Waals surface area (Å²) < 4.78 is 0. The molecule has 0 unspecified atom stereocenters. The molecule has 16 heavy (non-hydrogen) atoms. The first-order valence-corrected chi connectivity index (χ1v) is 7.29. The summed E-state index contributed by atoms with van der Waals surface area (Å²) in [5.74, 6) is 0. The first kappa shape index (κ1) is 12.1. The molecule has 2 N–H and O–H groups in total. The summed E-state index contributed by atoms with van der Waals surface area (Å²) in [5, 5.41) is 4.45. The summed E-state index contributed by atoms with van der Waals surface area (Å²) in [7, 11) is 0. The number of nitrogens with zero attached hydrogens (tertiary/aromatic N) is 1. The van der Waals surface area contributed by atoms with Crippen molar-refractivity contribution in [3.63, 3.8) is 0 Å². The van der Waals surface area contributed by atoms with Gasteiger partial charge in [0.2, 0.25) is 0 Å². The Bertz CT molecular complexity index is 280. The van der Waals surface area contributed by atoms with Crippen LogP contribution < -0.4 is 5.73 Å². The third-order valence-electron chi connectivity index (χ3n) is 3.18. The van der Waals surface area contributed by atoms with Crippen molar-refractivity contribution in [1.82, 2.24) is 4.90 Å². The number of thiophene rings is 1. The Labute approximate surface area is 102 Å². The zero-order chi connectivity index (χ0) is 11.2. The van der Waals surface area contributed by atoms with Gasteiger partial charge in [0.05, 0.1) is 0 Å². The second-order valence-electron chi connectivity index (χ2n) is 4.68. The predicted molar refractivity (Wildman–Crippen MR) is 70.7 cm³/mol. The molecule has 3 heteroatoms. The Balaban J connectivity index is 1.72. The molecule has 0 radical (unpaired) electrons. The number of rotatable bonds is 8. The zero-order valence-electron chi connectivity index (χ0n) is 9.90. The van der Waals surface area contributed by atoms with Crippen LogP contribution in [-0.4, -0.2) is 24.0 Å². The molecule has 0 saturated heterocycles. The second kappa shape index (κ2) is 6.38. The molecule has 2 nitrogen and oxygen atoms in total. The molecule has 1 aliphatic rings. The van der Waals surface area contributed by atoms with Crippen LogP contribution in [0.2, 0.25) is 0 Å². The SMILES string of the molecule is NCCCCCN(Cc1ccsc1)C1CC1. The maximum Gasteiger partial charge on any atom is 0.0244 e. The van der Waals surface area contributed by atoms with E-state index in [9.17, 15) is 0 Å². The third-order valence-corrected chi connectivity index (χ3v) is 3.91. The van der Waals surface area contributed by atoms with E-state index in [1.54, 1.807) is 11.3 Å². The van der Waals surface area contributed by atoms with Gasteiger partial charge in [-0.15, -0.1) is 0 Å². The third kappa shape index (κ3) is 3.89. The molecular weight excluding hydrogens is 216 g/mol. The van der Waals surface area contributed by atoms with Gasteiger partial charge in [0.15, 0.2) is 0 Å². The Hall–Kier alpha value is -0.380. The number of hydrogen-bond acceptors (Lipinski definition) is 3. The zero-order valence-corrected chi connectivity index (χ0v) is 10.7. The van der Waals surface area contributed by atoms with Gasteiger partial charge in [0.25, 0.3) is 0 Å². The van der Waals surface area contributed by atoms with E-state index in [0.717, 1.165) is 19.1 Å². The number of nitrogens with two attached hydrogens (primary N) is 1. The Kier molecular flexibility index (Phi) is 4.82. The van der Waals surface area contributed by atoms with Crippen LogP contribution in [0.5, 0.6) is 0 Å². The molecule has 2 rings (SSSR count). The average Bonchev–Trinajstić information content (AvgIpc) is 3.02. The molecule has 0 bridgehead atoms. The summed E-state index contributed by atoms with van der Waals surface area (Å²) in [6, 6.07) is 3.12. The van der Waals surface area contributed by atoms with Crippen LogP contribution in [0.15, 0.2) is 16.8 Å². The number of unbranched alkanes of at least 4 members (excludes halogenated alkanes) is 2. The predicted octanol–water partition coefficient (Wildman–Crippen LogP) is 2.84. The van der Waals surface area contributed by atoms with E-state index in [2.05, 4.69) is 21.7 Å². The number of hydrogen-bond donors (Lipinski definition) is 1. The molecule has 1 fully saturated rings. The van der Waals surface area contributed by atoms with Gasteiger partial charge in [0.1, 0.15) is 0 Å². The summed E-state index contributed by atoms with van der Waals surface area (Å²) in [6.45, 7) is 3.24. The highest BCUT2D eigenvalue weighted by Crippen LogP contribution is 2.28. The molecule has 0 amide bonds. The van der Waals surface area contributed by atoms with E-state index in [0.29, 0.717) is 0 Å². The van der Waals surface area contributed by atoms with E-state index in [-0.39, 0.29) is 0 Å². The van der Waals surface area contributed by atoms with Gasteiger partial charge < -0.3 is 5.73 Å². The quantitative estimate of drug-likeness (QED) is 0.706. The smallest absolute Gasteiger partial charge is 0.0244 e. The minimum atomic E-state index is 0.841. The van der Waals surface area contributed by atoms with E-state index in [1.165, 1.54) is 44.2 Å². The van der Waals surface area contributed by atoms with Crippen LogP contribution in [0.25, 0.3) is 0 Å². The molecular formula is C13H22N2S. The largest absolute Gasteiger partial charge is 0.330 e. The van der Waals surface area contributed by atoms with Gasteiger partial charge in [-0.25, -0.2) is 0 Å². The van der Waals surface area contributed by atoms with Gasteiger partial charge in [-0.3, -0.25) is 4.90 Å². The lowest BCUT2D eigenvalue weighted by atomic mass is 10.2. The summed E-state index contributed by atoms with van der Waals surface area (Å²) >= 11 is 1.80. The van der Waals surface area contributed by atoms with Crippen molar-refractivity contribution in [2.45, 2.75) is 44.7 Å². The van der Waals surface area contributed by atoms with Crippen molar-refractivity contribution in [1.29, 1.82) is 0 Å². The fourth-order valence-electron chi connectivity index (χ4n) is 2.08. The molecule has 0 atom stereocenters. The highest BCUT2D eigenvalue weighted by Gasteiger charge is 2.28. The van der Waals surface area contributed by atoms with Crippen molar-refractivity contribution >= 4 is 11.3 Å². The minimum absolute atomic E-state index is 0.841. The lowest BCUT2D eigenvalue weighted by molar-refractivity contribution is 0.249. The highest BCUT2D eigenvalue weighted by molar-refractivity contribution is 7.07. The normalized spacial score (nSPS) is 15.9. The van der Waals surface area contributed by atoms with Crippen LogP contribution in [0.4, 0.5) is 0 Å². The summed E-state index contributed by atoms with van der Waals surface area (Å²) in [6.07, 6.45) is 6.57. The van der Waals surface area contributed by atoms with Crippen molar-refractivity contribution in [2.24, 2.45) is 5.73 Å². The molecule has 90 valence electrons. The molecule has 0 spiro atoms. The molecule has 1 aromatic heterocycles. The van der Waals surface area contributed by atoms with Crippen LogP contribution in [0, 0.1) is 0 Å². The average molecular weight is 238 g/mol. The first-order chi connectivity index (χ1) is 7.90. The van der Waals surface area contributed by atoms with Crippen LogP contribution in [0.1, 0.15) is 37.7 Å². The highest BCUT2D eigenvalue weighted by atomic mass is 32.1. The van der Waals surface area contributed by atoms with E-state index in [4.69, 9.17) is 5.73 Å². The van der Waals surface area contributed by atoms with Gasteiger partial charge in [-0.2, -0.15) is 11.3 Å². The summed E-state index contributed by atoms with van der Waals surface area (Å²) in [5.41, 5.74) is 7.00. The topological polar surface area (TPSA) is 29.3 Å². The molecule has 1 aliphatic carbocycles. The van der Waals surface area contributed by atoms with Crippen LogP contribution >= 0.6 is 11.3 Å². The lowest BCUT2D eigenvalue weighted by Crippen LogP contribution is -2.26. The molecule has 1 heterocycles. The Morgan fingerprint density at radius 2 is 2.19 bits per heavy atom.